The number of aliphatic hydroxyl groups is 1. The number of hydrogen-bond acceptors (Lipinski definition) is 13. The molecule has 1 N–H and O–H groups in total. The molecule has 0 rings (SSSR count). The topological polar surface area (TPSA) is 131 Å². The second kappa shape index (κ2) is 31.8. The number of aliphatic hydroxyl groups excluding tert-OH is 1. The molecule has 0 saturated carbocycles. The molecule has 13 heteroatoms. The summed E-state index contributed by atoms with van der Waals surface area (Å²) in [6, 6.07) is 0. The molecule has 0 radical (unpaired) electrons. The number of ether oxygens (including phenoxy) is 12. The maximum absolute atomic E-state index is 9.04. The molecule has 0 aliphatic heterocycles. The SMILES string of the molecule is CCOC(C)COC(C)COC(C)COC(C)COC(C)COC(C)COC(C)COC(C)COC(C)COC(C)COC(C)COC(C)CO. The van der Waals surface area contributed by atoms with Gasteiger partial charge in [0.25, 0.3) is 0 Å². The third-order valence-corrected chi connectivity index (χ3v) is 7.48. The minimum atomic E-state index is -0.195. The Morgan fingerprint density at radius 1 is 0.255 bits per heavy atom. The minimum absolute atomic E-state index is 0.00484. The van der Waals surface area contributed by atoms with E-state index in [1.165, 1.54) is 0 Å². The molecule has 0 aromatic heterocycles. The van der Waals surface area contributed by atoms with Crippen molar-refractivity contribution in [3.05, 3.63) is 0 Å². The first-order valence-corrected chi connectivity index (χ1v) is 19.1. The van der Waals surface area contributed by atoms with Crippen LogP contribution in [0.5, 0.6) is 0 Å². The lowest BCUT2D eigenvalue weighted by Gasteiger charge is -2.23. The van der Waals surface area contributed by atoms with Gasteiger partial charge in [0, 0.05) is 6.61 Å². The highest BCUT2D eigenvalue weighted by Gasteiger charge is 2.16. The lowest BCUT2D eigenvalue weighted by Crippen LogP contribution is -2.31. The summed E-state index contributed by atoms with van der Waals surface area (Å²) in [4.78, 5) is 0. The maximum Gasteiger partial charge on any atom is 0.0781 e. The molecule has 13 nitrogen and oxygen atoms in total. The van der Waals surface area contributed by atoms with Crippen LogP contribution in [0.4, 0.5) is 0 Å². The fourth-order valence-electron chi connectivity index (χ4n) is 4.16. The van der Waals surface area contributed by atoms with Gasteiger partial charge in [-0.3, -0.25) is 0 Å². The van der Waals surface area contributed by atoms with Gasteiger partial charge in [0.15, 0.2) is 0 Å². The Balaban J connectivity index is 3.94. The van der Waals surface area contributed by atoms with E-state index in [0.29, 0.717) is 79.3 Å². The van der Waals surface area contributed by atoms with E-state index in [0.717, 1.165) is 0 Å². The largest absolute Gasteiger partial charge is 0.394 e. The summed E-state index contributed by atoms with van der Waals surface area (Å²) in [6.45, 7) is 31.4. The highest BCUT2D eigenvalue weighted by Crippen LogP contribution is 2.07. The summed E-state index contributed by atoms with van der Waals surface area (Å²) in [6.07, 6.45) is -0.812. The zero-order valence-electron chi connectivity index (χ0n) is 34.5. The van der Waals surface area contributed by atoms with Gasteiger partial charge in [0.2, 0.25) is 0 Å². The smallest absolute Gasteiger partial charge is 0.0781 e. The molecular weight excluding hydrogens is 664 g/mol. The van der Waals surface area contributed by atoms with Crippen molar-refractivity contribution in [1.82, 2.24) is 0 Å². The average Bonchev–Trinajstić information content (AvgIpc) is 3.11. The summed E-state index contributed by atoms with van der Waals surface area (Å²) >= 11 is 0. The van der Waals surface area contributed by atoms with Gasteiger partial charge in [-0.1, -0.05) is 0 Å². The van der Waals surface area contributed by atoms with E-state index in [2.05, 4.69) is 0 Å². The molecule has 0 saturated heterocycles. The fraction of sp³-hybridized carbons (Fsp3) is 1.00. The van der Waals surface area contributed by atoms with Crippen LogP contribution in [0, 0.1) is 0 Å². The minimum Gasteiger partial charge on any atom is -0.394 e. The van der Waals surface area contributed by atoms with E-state index in [1.807, 2.05) is 90.0 Å². The number of hydrogen-bond donors (Lipinski definition) is 1. The van der Waals surface area contributed by atoms with Crippen molar-refractivity contribution in [3.63, 3.8) is 0 Å². The first-order valence-electron chi connectivity index (χ1n) is 19.1. The lowest BCUT2D eigenvalue weighted by molar-refractivity contribution is -0.114. The Kier molecular flexibility index (Phi) is 31.5. The fourth-order valence-corrected chi connectivity index (χ4v) is 4.16. The summed E-state index contributed by atoms with van der Waals surface area (Å²) in [5, 5.41) is 9.04. The van der Waals surface area contributed by atoms with Gasteiger partial charge in [0.1, 0.15) is 0 Å². The van der Waals surface area contributed by atoms with Gasteiger partial charge in [-0.05, 0) is 90.0 Å². The van der Waals surface area contributed by atoms with Crippen LogP contribution in [-0.4, -0.2) is 164 Å². The predicted octanol–water partition coefficient (Wildman–Crippen LogP) is 4.86. The quantitative estimate of drug-likeness (QED) is 0.0939. The van der Waals surface area contributed by atoms with Gasteiger partial charge < -0.3 is 61.9 Å². The molecule has 0 bridgehead atoms. The van der Waals surface area contributed by atoms with E-state index in [4.69, 9.17) is 61.9 Å². The van der Waals surface area contributed by atoms with Crippen LogP contribution in [0.25, 0.3) is 0 Å². The van der Waals surface area contributed by atoms with Gasteiger partial charge in [-0.25, -0.2) is 0 Å². The standard InChI is InChI=1S/C38H78O13/c1-14-40-28(3)16-42-30(5)18-44-32(7)20-46-34(9)22-48-36(11)24-50-38(13)26-51-37(12)25-49-35(10)23-47-33(8)21-45-31(6)19-43-29(4)17-41-27(2)15-39/h27-39H,14-26H2,1-13H3. The molecule has 0 heterocycles. The van der Waals surface area contributed by atoms with Gasteiger partial charge in [0.05, 0.1) is 153 Å². The monoisotopic (exact) mass is 743 g/mol. The lowest BCUT2D eigenvalue weighted by atomic mass is 10.3. The van der Waals surface area contributed by atoms with Gasteiger partial charge in [-0.2, -0.15) is 0 Å². The Labute approximate surface area is 310 Å². The summed E-state index contributed by atoms with van der Waals surface area (Å²) in [7, 11) is 0. The highest BCUT2D eigenvalue weighted by atomic mass is 16.6. The Morgan fingerprint density at radius 2 is 0.392 bits per heavy atom. The molecule has 0 spiro atoms. The molecule has 12 atom stereocenters. The van der Waals surface area contributed by atoms with E-state index in [-0.39, 0.29) is 79.9 Å². The summed E-state index contributed by atoms with van der Waals surface area (Å²) in [5.74, 6) is 0. The molecule has 12 unspecified atom stereocenters. The molecule has 51 heavy (non-hydrogen) atoms. The molecule has 308 valence electrons. The molecule has 0 aromatic carbocycles. The van der Waals surface area contributed by atoms with Crippen LogP contribution in [0.2, 0.25) is 0 Å². The maximum atomic E-state index is 9.04. The van der Waals surface area contributed by atoms with Crippen molar-refractivity contribution in [2.45, 2.75) is 163 Å². The van der Waals surface area contributed by atoms with Crippen LogP contribution < -0.4 is 0 Å². The van der Waals surface area contributed by atoms with Gasteiger partial charge in [-0.15, -0.1) is 0 Å². The molecule has 0 fully saturated rings. The van der Waals surface area contributed by atoms with Crippen LogP contribution in [0.15, 0.2) is 0 Å². The van der Waals surface area contributed by atoms with Crippen molar-refractivity contribution in [2.24, 2.45) is 0 Å². The molecule has 0 aromatic rings. The Morgan fingerprint density at radius 3 is 0.529 bits per heavy atom. The van der Waals surface area contributed by atoms with Crippen molar-refractivity contribution in [2.75, 3.05) is 85.9 Å². The third-order valence-electron chi connectivity index (χ3n) is 7.48. The highest BCUT2D eigenvalue weighted by molar-refractivity contribution is 4.61. The van der Waals surface area contributed by atoms with E-state index in [1.54, 1.807) is 0 Å². The first-order chi connectivity index (χ1) is 24.1. The summed E-state index contributed by atoms with van der Waals surface area (Å²) < 4.78 is 69.8. The second-order valence-electron chi connectivity index (χ2n) is 14.0. The molecule has 0 aliphatic carbocycles. The van der Waals surface area contributed by atoms with Crippen molar-refractivity contribution < 1.29 is 61.9 Å². The van der Waals surface area contributed by atoms with Crippen LogP contribution in [0.3, 0.4) is 0 Å². The van der Waals surface area contributed by atoms with Gasteiger partial charge >= 0.3 is 0 Å². The van der Waals surface area contributed by atoms with Crippen LogP contribution >= 0.6 is 0 Å². The summed E-state index contributed by atoms with van der Waals surface area (Å²) in [5.41, 5.74) is 0. The van der Waals surface area contributed by atoms with Crippen molar-refractivity contribution in [1.29, 1.82) is 0 Å². The first kappa shape index (κ1) is 50.5. The zero-order chi connectivity index (χ0) is 38.6. The average molecular weight is 743 g/mol. The van der Waals surface area contributed by atoms with Crippen LogP contribution in [0.1, 0.15) is 90.0 Å². The molecule has 0 amide bonds. The predicted molar refractivity (Wildman–Crippen MR) is 198 cm³/mol. The third kappa shape index (κ3) is 31.5. The van der Waals surface area contributed by atoms with Crippen molar-refractivity contribution >= 4 is 0 Å². The number of rotatable bonds is 36. The molecule has 0 aliphatic rings. The second-order valence-corrected chi connectivity index (χ2v) is 14.0. The Hall–Kier alpha value is -0.520. The van der Waals surface area contributed by atoms with E-state index in [9.17, 15) is 0 Å². The normalized spacial score (nSPS) is 19.4. The Bertz CT molecular complexity index is 765. The van der Waals surface area contributed by atoms with Crippen molar-refractivity contribution in [3.8, 4) is 0 Å². The van der Waals surface area contributed by atoms with E-state index < -0.39 is 0 Å². The molecular formula is C38H78O13. The van der Waals surface area contributed by atoms with Crippen LogP contribution in [-0.2, 0) is 56.8 Å². The zero-order valence-corrected chi connectivity index (χ0v) is 34.5. The van der Waals surface area contributed by atoms with E-state index >= 15 is 0 Å².